The molecule has 0 radical (unpaired) electrons. The molecule has 2 aliphatic rings. The molecule has 1 fully saturated rings. The van der Waals surface area contributed by atoms with Crippen molar-refractivity contribution < 1.29 is 14.6 Å². The van der Waals surface area contributed by atoms with Crippen LogP contribution >= 0.6 is 15.9 Å². The third-order valence-electron chi connectivity index (χ3n) is 3.88. The van der Waals surface area contributed by atoms with E-state index in [1.807, 2.05) is 6.07 Å². The molecular formula is C13H15BrN2O3. The summed E-state index contributed by atoms with van der Waals surface area (Å²) < 4.78 is 6.26. The molecule has 0 saturated carbocycles. The predicted octanol–water partition coefficient (Wildman–Crippen LogP) is 2.81. The van der Waals surface area contributed by atoms with Crippen LogP contribution in [0.4, 0.5) is 4.79 Å². The van der Waals surface area contributed by atoms with Crippen LogP contribution in [0.25, 0.3) is 0 Å². The van der Waals surface area contributed by atoms with Crippen LogP contribution in [0.15, 0.2) is 16.7 Å². The Hall–Kier alpha value is -1.14. The fourth-order valence-corrected chi connectivity index (χ4v) is 3.39. The summed E-state index contributed by atoms with van der Waals surface area (Å²) in [5.74, 6) is 0.305. The number of pyridine rings is 1. The molecule has 6 heteroatoms. The SMILES string of the molecule is O=C(O)N1Cc2cc(Br)cnc2[C@@H]1C1CCOCC1. The molecule has 0 aliphatic carbocycles. The van der Waals surface area contributed by atoms with Crippen molar-refractivity contribution in [3.8, 4) is 0 Å². The van der Waals surface area contributed by atoms with Crippen molar-refractivity contribution in [2.24, 2.45) is 5.92 Å². The van der Waals surface area contributed by atoms with E-state index in [1.54, 1.807) is 6.20 Å². The second-order valence-electron chi connectivity index (χ2n) is 5.00. The van der Waals surface area contributed by atoms with Gasteiger partial charge in [0.05, 0.1) is 18.3 Å². The number of amides is 1. The average molecular weight is 327 g/mol. The first-order valence-electron chi connectivity index (χ1n) is 6.38. The molecule has 0 unspecified atom stereocenters. The topological polar surface area (TPSA) is 62.7 Å². The summed E-state index contributed by atoms with van der Waals surface area (Å²) in [6.45, 7) is 1.85. The van der Waals surface area contributed by atoms with E-state index in [1.165, 1.54) is 4.90 Å². The predicted molar refractivity (Wildman–Crippen MR) is 71.8 cm³/mol. The molecule has 1 amide bonds. The Morgan fingerprint density at radius 2 is 2.21 bits per heavy atom. The quantitative estimate of drug-likeness (QED) is 0.861. The normalized spacial score (nSPS) is 23.4. The highest BCUT2D eigenvalue weighted by Gasteiger charge is 2.40. The van der Waals surface area contributed by atoms with E-state index in [-0.39, 0.29) is 6.04 Å². The minimum atomic E-state index is -0.870. The van der Waals surface area contributed by atoms with Crippen molar-refractivity contribution in [2.75, 3.05) is 13.2 Å². The van der Waals surface area contributed by atoms with Crippen molar-refractivity contribution in [1.82, 2.24) is 9.88 Å². The number of hydrogen-bond donors (Lipinski definition) is 1. The molecule has 19 heavy (non-hydrogen) atoms. The molecule has 1 atom stereocenters. The summed E-state index contributed by atoms with van der Waals surface area (Å²) >= 11 is 3.39. The zero-order valence-corrected chi connectivity index (χ0v) is 12.0. The third-order valence-corrected chi connectivity index (χ3v) is 4.32. The standard InChI is InChI=1S/C13H15BrN2O3/c14-10-5-9-7-16(13(17)18)12(11(9)15-6-10)8-1-3-19-4-2-8/h5-6,8,12H,1-4,7H2,(H,17,18)/t12-/m0/s1. The minimum absolute atomic E-state index is 0.121. The first-order chi connectivity index (χ1) is 9.16. The first kappa shape index (κ1) is 12.9. The number of aromatic nitrogens is 1. The molecule has 102 valence electrons. The Labute approximate surface area is 119 Å². The van der Waals surface area contributed by atoms with Gasteiger partial charge < -0.3 is 9.84 Å². The van der Waals surface area contributed by atoms with Gasteiger partial charge in [0.15, 0.2) is 0 Å². The third kappa shape index (κ3) is 2.34. The van der Waals surface area contributed by atoms with E-state index in [0.717, 1.165) is 28.6 Å². The van der Waals surface area contributed by atoms with Crippen LogP contribution in [-0.4, -0.2) is 34.3 Å². The number of halogens is 1. The van der Waals surface area contributed by atoms with Gasteiger partial charge in [-0.3, -0.25) is 9.88 Å². The van der Waals surface area contributed by atoms with Crippen LogP contribution < -0.4 is 0 Å². The first-order valence-corrected chi connectivity index (χ1v) is 7.17. The molecule has 3 heterocycles. The van der Waals surface area contributed by atoms with Gasteiger partial charge in [0, 0.05) is 23.9 Å². The van der Waals surface area contributed by atoms with Gasteiger partial charge in [-0.15, -0.1) is 0 Å². The number of rotatable bonds is 1. The van der Waals surface area contributed by atoms with E-state index >= 15 is 0 Å². The Morgan fingerprint density at radius 1 is 1.47 bits per heavy atom. The molecule has 3 rings (SSSR count). The van der Waals surface area contributed by atoms with Crippen LogP contribution in [0.1, 0.15) is 30.1 Å². The maximum atomic E-state index is 11.5. The maximum Gasteiger partial charge on any atom is 0.408 e. The second-order valence-corrected chi connectivity index (χ2v) is 5.92. The number of carbonyl (C=O) groups is 1. The number of fused-ring (bicyclic) bond motifs is 1. The Balaban J connectivity index is 1.96. The lowest BCUT2D eigenvalue weighted by atomic mass is 9.89. The van der Waals surface area contributed by atoms with Crippen LogP contribution in [0.3, 0.4) is 0 Å². The lowest BCUT2D eigenvalue weighted by Gasteiger charge is -2.32. The lowest BCUT2D eigenvalue weighted by Crippen LogP contribution is -2.35. The van der Waals surface area contributed by atoms with Crippen molar-refractivity contribution >= 4 is 22.0 Å². The fourth-order valence-electron chi connectivity index (χ4n) is 3.01. The van der Waals surface area contributed by atoms with Gasteiger partial charge in [0.1, 0.15) is 0 Å². The Bertz CT molecular complexity index is 503. The summed E-state index contributed by atoms with van der Waals surface area (Å²) in [5, 5.41) is 9.41. The van der Waals surface area contributed by atoms with Gasteiger partial charge in [-0.2, -0.15) is 0 Å². The number of ether oxygens (including phenoxy) is 1. The lowest BCUT2D eigenvalue weighted by molar-refractivity contribution is 0.0293. The monoisotopic (exact) mass is 326 g/mol. The molecular weight excluding hydrogens is 312 g/mol. The zero-order valence-electron chi connectivity index (χ0n) is 10.4. The summed E-state index contributed by atoms with van der Waals surface area (Å²) in [7, 11) is 0. The number of hydrogen-bond acceptors (Lipinski definition) is 3. The molecule has 0 spiro atoms. The van der Waals surface area contributed by atoms with Gasteiger partial charge in [-0.1, -0.05) is 0 Å². The molecule has 0 bridgehead atoms. The molecule has 1 aromatic rings. The highest BCUT2D eigenvalue weighted by molar-refractivity contribution is 9.10. The van der Waals surface area contributed by atoms with E-state index in [4.69, 9.17) is 4.74 Å². The molecule has 0 aromatic carbocycles. The summed E-state index contributed by atoms with van der Waals surface area (Å²) in [6.07, 6.45) is 2.67. The van der Waals surface area contributed by atoms with Gasteiger partial charge in [-0.05, 0) is 46.3 Å². The van der Waals surface area contributed by atoms with Crippen molar-refractivity contribution in [3.63, 3.8) is 0 Å². The highest BCUT2D eigenvalue weighted by atomic mass is 79.9. The average Bonchev–Trinajstić information content (AvgIpc) is 2.78. The second kappa shape index (κ2) is 5.09. The van der Waals surface area contributed by atoms with Crippen LogP contribution in [0.5, 0.6) is 0 Å². The zero-order chi connectivity index (χ0) is 13.4. The van der Waals surface area contributed by atoms with Gasteiger partial charge >= 0.3 is 6.09 Å². The van der Waals surface area contributed by atoms with Crippen LogP contribution in [0, 0.1) is 5.92 Å². The summed E-state index contributed by atoms with van der Waals surface area (Å²) in [4.78, 5) is 17.4. The summed E-state index contributed by atoms with van der Waals surface area (Å²) in [5.41, 5.74) is 1.92. The molecule has 1 saturated heterocycles. The van der Waals surface area contributed by atoms with Crippen LogP contribution in [0.2, 0.25) is 0 Å². The van der Waals surface area contributed by atoms with E-state index in [2.05, 4.69) is 20.9 Å². The number of carboxylic acid groups (broad SMARTS) is 1. The van der Waals surface area contributed by atoms with E-state index < -0.39 is 6.09 Å². The highest BCUT2D eigenvalue weighted by Crippen LogP contribution is 2.41. The van der Waals surface area contributed by atoms with E-state index in [0.29, 0.717) is 25.7 Å². The largest absolute Gasteiger partial charge is 0.465 e. The maximum absolute atomic E-state index is 11.5. The molecule has 1 N–H and O–H groups in total. The van der Waals surface area contributed by atoms with Crippen LogP contribution in [-0.2, 0) is 11.3 Å². The van der Waals surface area contributed by atoms with E-state index in [9.17, 15) is 9.90 Å². The molecule has 1 aromatic heterocycles. The Morgan fingerprint density at radius 3 is 2.89 bits per heavy atom. The van der Waals surface area contributed by atoms with Gasteiger partial charge in [-0.25, -0.2) is 4.79 Å². The number of nitrogens with zero attached hydrogens (tertiary/aromatic N) is 2. The van der Waals surface area contributed by atoms with Gasteiger partial charge in [0.25, 0.3) is 0 Å². The van der Waals surface area contributed by atoms with Crippen molar-refractivity contribution in [3.05, 3.63) is 28.0 Å². The summed E-state index contributed by atoms with van der Waals surface area (Å²) in [6, 6.07) is 1.85. The smallest absolute Gasteiger partial charge is 0.408 e. The molecule has 2 aliphatic heterocycles. The van der Waals surface area contributed by atoms with Gasteiger partial charge in [0.2, 0.25) is 0 Å². The Kier molecular flexibility index (Phi) is 3.45. The molecule has 5 nitrogen and oxygen atoms in total. The fraction of sp³-hybridized carbons (Fsp3) is 0.538. The van der Waals surface area contributed by atoms with Crippen molar-refractivity contribution in [2.45, 2.75) is 25.4 Å². The van der Waals surface area contributed by atoms with Crippen molar-refractivity contribution in [1.29, 1.82) is 0 Å². The minimum Gasteiger partial charge on any atom is -0.465 e.